The van der Waals surface area contributed by atoms with E-state index in [0.717, 1.165) is 16.5 Å². The second kappa shape index (κ2) is 10.2. The molecule has 0 bridgehead atoms. The average molecular weight is 417 g/mol. The maximum atomic E-state index is 12.7. The summed E-state index contributed by atoms with van der Waals surface area (Å²) >= 11 is 0. The molecule has 0 aliphatic heterocycles. The molecule has 164 valence electrons. The van der Waals surface area contributed by atoms with Crippen LogP contribution in [0.25, 0.3) is 10.9 Å². The number of benzene rings is 1. The van der Waals surface area contributed by atoms with Crippen molar-refractivity contribution in [3.05, 3.63) is 36.0 Å². The van der Waals surface area contributed by atoms with Crippen molar-refractivity contribution >= 4 is 28.7 Å². The minimum absolute atomic E-state index is 0.100. The van der Waals surface area contributed by atoms with E-state index in [1.54, 1.807) is 13.8 Å². The average Bonchev–Trinajstić information content (AvgIpc) is 3.07. The number of nitrogens with one attached hydrogen (secondary N) is 3. The number of aliphatic carboxylic acids is 1. The van der Waals surface area contributed by atoms with E-state index < -0.39 is 35.9 Å². The molecule has 2 rings (SSSR count). The summed E-state index contributed by atoms with van der Waals surface area (Å²) in [5.74, 6) is -2.21. The number of hydrogen-bond acceptors (Lipinski definition) is 4. The molecule has 1 aromatic carbocycles. The number of nitrogens with two attached hydrogens (primary N) is 1. The van der Waals surface area contributed by atoms with E-state index in [4.69, 9.17) is 5.73 Å². The summed E-state index contributed by atoms with van der Waals surface area (Å²) in [6.45, 7) is 7.34. The molecule has 6 N–H and O–H groups in total. The minimum atomic E-state index is -1.10. The Labute approximate surface area is 176 Å². The van der Waals surface area contributed by atoms with Crippen LogP contribution in [0.3, 0.4) is 0 Å². The highest BCUT2D eigenvalue weighted by Crippen LogP contribution is 2.19. The Balaban J connectivity index is 2.04. The molecule has 8 nitrogen and oxygen atoms in total. The highest BCUT2D eigenvalue weighted by Gasteiger charge is 2.30. The van der Waals surface area contributed by atoms with Gasteiger partial charge < -0.3 is 26.5 Å². The summed E-state index contributed by atoms with van der Waals surface area (Å²) in [5.41, 5.74) is 7.99. The number of carboxylic acids is 1. The SMILES string of the molecule is CC(C)CC(NC(=O)C(NC(=O)C(N)Cc1c[nH]c2ccccc12)C(C)C)C(=O)O. The molecule has 0 saturated carbocycles. The number of aromatic amines is 1. The van der Waals surface area contributed by atoms with Gasteiger partial charge in [-0.05, 0) is 36.3 Å². The Morgan fingerprint density at radius 3 is 2.33 bits per heavy atom. The second-order valence-corrected chi connectivity index (χ2v) is 8.43. The summed E-state index contributed by atoms with van der Waals surface area (Å²) < 4.78 is 0. The van der Waals surface area contributed by atoms with Crippen LogP contribution in [-0.2, 0) is 20.8 Å². The third-order valence-electron chi connectivity index (χ3n) is 5.02. The van der Waals surface area contributed by atoms with Crippen LogP contribution in [0.2, 0.25) is 0 Å². The number of carboxylic acid groups (broad SMARTS) is 1. The Hall–Kier alpha value is -2.87. The monoisotopic (exact) mass is 416 g/mol. The van der Waals surface area contributed by atoms with Gasteiger partial charge in [0.1, 0.15) is 12.1 Å². The normalized spacial score (nSPS) is 14.5. The summed E-state index contributed by atoms with van der Waals surface area (Å²) in [7, 11) is 0. The molecule has 2 aromatic rings. The van der Waals surface area contributed by atoms with E-state index in [1.807, 2.05) is 44.3 Å². The lowest BCUT2D eigenvalue weighted by atomic mass is 9.99. The van der Waals surface area contributed by atoms with E-state index in [9.17, 15) is 19.5 Å². The number of para-hydroxylation sites is 1. The third-order valence-corrected chi connectivity index (χ3v) is 5.02. The fraction of sp³-hybridized carbons (Fsp3) is 0.500. The minimum Gasteiger partial charge on any atom is -0.480 e. The predicted octanol–water partition coefficient (Wildman–Crippen LogP) is 1.79. The molecule has 0 aliphatic rings. The van der Waals surface area contributed by atoms with E-state index in [0.29, 0.717) is 12.8 Å². The lowest BCUT2D eigenvalue weighted by Gasteiger charge is -2.25. The highest BCUT2D eigenvalue weighted by molar-refractivity contribution is 5.92. The van der Waals surface area contributed by atoms with Crippen LogP contribution in [0.15, 0.2) is 30.5 Å². The summed E-state index contributed by atoms with van der Waals surface area (Å²) in [6, 6.07) is 5.02. The van der Waals surface area contributed by atoms with Gasteiger partial charge in [0.2, 0.25) is 11.8 Å². The first-order valence-electron chi connectivity index (χ1n) is 10.2. The van der Waals surface area contributed by atoms with Gasteiger partial charge in [-0.25, -0.2) is 4.79 Å². The Kier molecular flexibility index (Phi) is 8.00. The van der Waals surface area contributed by atoms with Crippen molar-refractivity contribution in [1.82, 2.24) is 15.6 Å². The molecule has 0 spiro atoms. The Morgan fingerprint density at radius 2 is 1.73 bits per heavy atom. The van der Waals surface area contributed by atoms with Gasteiger partial charge in [0.25, 0.3) is 0 Å². The van der Waals surface area contributed by atoms with Gasteiger partial charge in [-0.15, -0.1) is 0 Å². The number of aromatic nitrogens is 1. The van der Waals surface area contributed by atoms with Crippen LogP contribution >= 0.6 is 0 Å². The molecular weight excluding hydrogens is 384 g/mol. The van der Waals surface area contributed by atoms with Crippen molar-refractivity contribution in [3.63, 3.8) is 0 Å². The molecule has 0 aliphatic carbocycles. The summed E-state index contributed by atoms with van der Waals surface area (Å²) in [6.07, 6.45) is 2.45. The number of fused-ring (bicyclic) bond motifs is 1. The second-order valence-electron chi connectivity index (χ2n) is 8.43. The van der Waals surface area contributed by atoms with E-state index in [-0.39, 0.29) is 11.8 Å². The first-order chi connectivity index (χ1) is 14.1. The van der Waals surface area contributed by atoms with Crippen LogP contribution in [0, 0.1) is 11.8 Å². The van der Waals surface area contributed by atoms with Gasteiger partial charge >= 0.3 is 5.97 Å². The van der Waals surface area contributed by atoms with Gasteiger partial charge in [0, 0.05) is 17.1 Å². The molecule has 3 atom stereocenters. The number of carbonyl (C=O) groups is 3. The quantitative estimate of drug-likeness (QED) is 0.402. The molecule has 0 radical (unpaired) electrons. The van der Waals surface area contributed by atoms with Gasteiger partial charge in [-0.3, -0.25) is 9.59 Å². The number of H-pyrrole nitrogens is 1. The maximum Gasteiger partial charge on any atom is 0.326 e. The van der Waals surface area contributed by atoms with Crippen molar-refractivity contribution in [2.75, 3.05) is 0 Å². The zero-order chi connectivity index (χ0) is 22.4. The number of amides is 2. The zero-order valence-corrected chi connectivity index (χ0v) is 17.9. The van der Waals surface area contributed by atoms with Crippen LogP contribution in [0.4, 0.5) is 0 Å². The lowest BCUT2D eigenvalue weighted by molar-refractivity contribution is -0.143. The molecule has 1 aromatic heterocycles. The van der Waals surface area contributed by atoms with Crippen LogP contribution in [-0.4, -0.2) is 46.0 Å². The molecule has 0 fully saturated rings. The van der Waals surface area contributed by atoms with Crippen molar-refractivity contribution in [2.45, 2.75) is 58.7 Å². The molecule has 0 saturated heterocycles. The van der Waals surface area contributed by atoms with E-state index in [2.05, 4.69) is 15.6 Å². The molecule has 8 heteroatoms. The highest BCUT2D eigenvalue weighted by atomic mass is 16.4. The first kappa shape index (κ1) is 23.4. The fourth-order valence-electron chi connectivity index (χ4n) is 3.38. The van der Waals surface area contributed by atoms with Gasteiger partial charge in [-0.2, -0.15) is 0 Å². The predicted molar refractivity (Wildman–Crippen MR) is 116 cm³/mol. The molecule has 30 heavy (non-hydrogen) atoms. The number of rotatable bonds is 10. The molecule has 1 heterocycles. The molecule has 2 amide bonds. The lowest BCUT2D eigenvalue weighted by Crippen LogP contribution is -2.56. The first-order valence-corrected chi connectivity index (χ1v) is 10.2. The zero-order valence-electron chi connectivity index (χ0n) is 17.9. The smallest absolute Gasteiger partial charge is 0.326 e. The van der Waals surface area contributed by atoms with Gasteiger partial charge in [0.05, 0.1) is 6.04 Å². The third kappa shape index (κ3) is 6.06. The Bertz CT molecular complexity index is 890. The van der Waals surface area contributed by atoms with Crippen molar-refractivity contribution < 1.29 is 19.5 Å². The molecular formula is C22H32N4O4. The molecule has 3 unspecified atom stereocenters. The van der Waals surface area contributed by atoms with E-state index in [1.165, 1.54) is 0 Å². The largest absolute Gasteiger partial charge is 0.480 e. The van der Waals surface area contributed by atoms with Gasteiger partial charge in [-0.1, -0.05) is 45.9 Å². The van der Waals surface area contributed by atoms with Crippen LogP contribution in [0.1, 0.15) is 39.7 Å². The summed E-state index contributed by atoms with van der Waals surface area (Å²) in [5, 5.41) is 15.6. The maximum absolute atomic E-state index is 12.7. The van der Waals surface area contributed by atoms with Crippen molar-refractivity contribution in [3.8, 4) is 0 Å². The van der Waals surface area contributed by atoms with Crippen LogP contribution in [0.5, 0.6) is 0 Å². The van der Waals surface area contributed by atoms with Crippen molar-refractivity contribution in [1.29, 1.82) is 0 Å². The fourth-order valence-corrected chi connectivity index (χ4v) is 3.38. The van der Waals surface area contributed by atoms with Gasteiger partial charge in [0.15, 0.2) is 0 Å². The van der Waals surface area contributed by atoms with Crippen molar-refractivity contribution in [2.24, 2.45) is 17.6 Å². The number of carbonyl (C=O) groups excluding carboxylic acids is 2. The summed E-state index contributed by atoms with van der Waals surface area (Å²) in [4.78, 5) is 40.0. The van der Waals surface area contributed by atoms with Crippen LogP contribution < -0.4 is 16.4 Å². The standard InChI is InChI=1S/C22H32N4O4/c1-12(2)9-18(22(29)30)25-21(28)19(13(3)4)26-20(27)16(23)10-14-11-24-17-8-6-5-7-15(14)17/h5-8,11-13,16,18-19,24H,9-10,23H2,1-4H3,(H,25,28)(H,26,27)(H,29,30). The Morgan fingerprint density at radius 1 is 1.07 bits per heavy atom. The number of hydrogen-bond donors (Lipinski definition) is 5. The topological polar surface area (TPSA) is 137 Å². The van der Waals surface area contributed by atoms with E-state index >= 15 is 0 Å².